The Hall–Kier alpha value is -2.82. The lowest BCUT2D eigenvalue weighted by Crippen LogP contribution is -2.24. The molecule has 0 aliphatic rings. The number of aromatic nitrogens is 1. The van der Waals surface area contributed by atoms with Gasteiger partial charge in [-0.15, -0.1) is 0 Å². The largest absolute Gasteiger partial charge is 0.493 e. The summed E-state index contributed by atoms with van der Waals surface area (Å²) in [6.07, 6.45) is 6.73. The van der Waals surface area contributed by atoms with Crippen LogP contribution in [0.25, 0.3) is 6.08 Å². The first-order valence-corrected chi connectivity index (χ1v) is 7.18. The highest BCUT2D eigenvalue weighted by Gasteiger charge is 2.06. The molecule has 2 rings (SSSR count). The normalized spacial score (nSPS) is 10.6. The van der Waals surface area contributed by atoms with E-state index in [2.05, 4.69) is 4.98 Å². The van der Waals surface area contributed by atoms with E-state index in [1.807, 2.05) is 30.3 Å². The molecule has 0 spiro atoms. The summed E-state index contributed by atoms with van der Waals surface area (Å²) in [5.74, 6) is 1.22. The second-order valence-corrected chi connectivity index (χ2v) is 5.00. The Morgan fingerprint density at radius 2 is 1.83 bits per heavy atom. The minimum absolute atomic E-state index is 0.0726. The topological polar surface area (TPSA) is 51.7 Å². The predicted molar refractivity (Wildman–Crippen MR) is 89.3 cm³/mol. The number of hydrogen-bond acceptors (Lipinski definition) is 4. The van der Waals surface area contributed by atoms with Crippen LogP contribution in [0.3, 0.4) is 0 Å². The van der Waals surface area contributed by atoms with E-state index in [-0.39, 0.29) is 5.91 Å². The first-order valence-electron chi connectivity index (χ1n) is 7.18. The van der Waals surface area contributed by atoms with Crippen molar-refractivity contribution in [1.82, 2.24) is 9.88 Å². The van der Waals surface area contributed by atoms with Gasteiger partial charge in [-0.3, -0.25) is 9.78 Å². The third kappa shape index (κ3) is 4.57. The molecule has 0 aliphatic carbocycles. The molecule has 5 nitrogen and oxygen atoms in total. The lowest BCUT2D eigenvalue weighted by Gasteiger charge is -2.15. The zero-order chi connectivity index (χ0) is 16.7. The SMILES string of the molecule is COc1ccc(C=CC(=O)N(C)Cc2ccncc2)cc1OC. The van der Waals surface area contributed by atoms with Crippen LogP contribution in [0.15, 0.2) is 48.8 Å². The number of methoxy groups -OCH3 is 2. The molecule has 1 aromatic carbocycles. The third-order valence-corrected chi connectivity index (χ3v) is 3.37. The van der Waals surface area contributed by atoms with Crippen LogP contribution < -0.4 is 9.47 Å². The van der Waals surface area contributed by atoms with E-state index in [0.717, 1.165) is 11.1 Å². The van der Waals surface area contributed by atoms with Crippen molar-refractivity contribution in [1.29, 1.82) is 0 Å². The van der Waals surface area contributed by atoms with Gasteiger partial charge in [0.1, 0.15) is 0 Å². The maximum absolute atomic E-state index is 12.2. The van der Waals surface area contributed by atoms with Gasteiger partial charge in [0.15, 0.2) is 11.5 Å². The molecule has 0 bridgehead atoms. The molecule has 0 aliphatic heterocycles. The van der Waals surface area contributed by atoms with Gasteiger partial charge in [-0.05, 0) is 41.5 Å². The van der Waals surface area contributed by atoms with E-state index in [4.69, 9.17) is 9.47 Å². The molecule has 2 aromatic rings. The summed E-state index contributed by atoms with van der Waals surface area (Å²) < 4.78 is 10.4. The molecule has 23 heavy (non-hydrogen) atoms. The van der Waals surface area contributed by atoms with Gasteiger partial charge in [-0.2, -0.15) is 0 Å². The van der Waals surface area contributed by atoms with Gasteiger partial charge >= 0.3 is 0 Å². The fraction of sp³-hybridized carbons (Fsp3) is 0.222. The highest BCUT2D eigenvalue weighted by atomic mass is 16.5. The molecular weight excluding hydrogens is 292 g/mol. The summed E-state index contributed by atoms with van der Waals surface area (Å²) in [5, 5.41) is 0. The molecule has 0 N–H and O–H groups in total. The van der Waals surface area contributed by atoms with Crippen molar-refractivity contribution < 1.29 is 14.3 Å². The Morgan fingerprint density at radius 1 is 1.13 bits per heavy atom. The van der Waals surface area contributed by atoms with Gasteiger partial charge < -0.3 is 14.4 Å². The highest BCUT2D eigenvalue weighted by Crippen LogP contribution is 2.27. The first-order chi connectivity index (χ1) is 11.1. The number of rotatable bonds is 6. The first kappa shape index (κ1) is 16.5. The maximum Gasteiger partial charge on any atom is 0.246 e. The zero-order valence-electron chi connectivity index (χ0n) is 13.5. The second-order valence-electron chi connectivity index (χ2n) is 5.00. The van der Waals surface area contributed by atoms with Crippen molar-refractivity contribution in [3.05, 3.63) is 59.9 Å². The number of likely N-dealkylation sites (N-methyl/N-ethyl adjacent to an activating group) is 1. The maximum atomic E-state index is 12.2. The standard InChI is InChI=1S/C18H20N2O3/c1-20(13-15-8-10-19-11-9-15)18(21)7-5-14-4-6-16(22-2)17(12-14)23-3/h4-12H,13H2,1-3H3. The Bertz CT molecular complexity index is 684. The number of hydrogen-bond donors (Lipinski definition) is 0. The van der Waals surface area contributed by atoms with Crippen LogP contribution in [-0.4, -0.2) is 37.1 Å². The molecule has 0 radical (unpaired) electrons. The fourth-order valence-electron chi connectivity index (χ4n) is 2.09. The van der Waals surface area contributed by atoms with E-state index in [9.17, 15) is 4.79 Å². The molecule has 0 unspecified atom stereocenters. The molecule has 5 heteroatoms. The van der Waals surface area contributed by atoms with E-state index < -0.39 is 0 Å². The average molecular weight is 312 g/mol. The van der Waals surface area contributed by atoms with Crippen LogP contribution in [0.5, 0.6) is 11.5 Å². The van der Waals surface area contributed by atoms with Crippen LogP contribution in [0.2, 0.25) is 0 Å². The summed E-state index contributed by atoms with van der Waals surface area (Å²) in [5.41, 5.74) is 1.91. The van der Waals surface area contributed by atoms with Crippen LogP contribution in [-0.2, 0) is 11.3 Å². The third-order valence-electron chi connectivity index (χ3n) is 3.37. The molecule has 0 saturated carbocycles. The van der Waals surface area contributed by atoms with Crippen molar-refractivity contribution in [2.75, 3.05) is 21.3 Å². The van der Waals surface area contributed by atoms with Crippen molar-refractivity contribution in [3.8, 4) is 11.5 Å². The van der Waals surface area contributed by atoms with Crippen LogP contribution in [0.1, 0.15) is 11.1 Å². The van der Waals surface area contributed by atoms with E-state index in [1.165, 1.54) is 0 Å². The number of carbonyl (C=O) groups excluding carboxylic acids is 1. The van der Waals surface area contributed by atoms with Gasteiger partial charge in [0.2, 0.25) is 5.91 Å². The summed E-state index contributed by atoms with van der Waals surface area (Å²) in [4.78, 5) is 17.8. The minimum atomic E-state index is -0.0726. The van der Waals surface area contributed by atoms with Crippen molar-refractivity contribution in [2.24, 2.45) is 0 Å². The highest BCUT2D eigenvalue weighted by molar-refractivity contribution is 5.91. The number of carbonyl (C=O) groups is 1. The molecule has 1 amide bonds. The Kier molecular flexibility index (Phi) is 5.74. The predicted octanol–water partition coefficient (Wildman–Crippen LogP) is 2.77. The number of ether oxygens (including phenoxy) is 2. The number of nitrogens with zero attached hydrogens (tertiary/aromatic N) is 2. The van der Waals surface area contributed by atoms with Gasteiger partial charge in [-0.25, -0.2) is 0 Å². The lowest BCUT2D eigenvalue weighted by atomic mass is 10.2. The van der Waals surface area contributed by atoms with Crippen LogP contribution in [0.4, 0.5) is 0 Å². The summed E-state index contributed by atoms with van der Waals surface area (Å²) >= 11 is 0. The Labute approximate surface area is 136 Å². The minimum Gasteiger partial charge on any atom is -0.493 e. The number of pyridine rings is 1. The van der Waals surface area contributed by atoms with Gasteiger partial charge in [0, 0.05) is 32.1 Å². The molecule has 120 valence electrons. The van der Waals surface area contributed by atoms with Crippen molar-refractivity contribution >= 4 is 12.0 Å². The molecule has 0 atom stereocenters. The average Bonchev–Trinajstić information content (AvgIpc) is 2.60. The quantitative estimate of drug-likeness (QED) is 0.770. The van der Waals surface area contributed by atoms with Gasteiger partial charge in [0.25, 0.3) is 0 Å². The van der Waals surface area contributed by atoms with Gasteiger partial charge in [0.05, 0.1) is 14.2 Å². The van der Waals surface area contributed by atoms with Crippen molar-refractivity contribution in [3.63, 3.8) is 0 Å². The van der Waals surface area contributed by atoms with E-state index >= 15 is 0 Å². The molecular formula is C18H20N2O3. The fourth-order valence-corrected chi connectivity index (χ4v) is 2.09. The Balaban J connectivity index is 2.03. The molecule has 0 saturated heterocycles. The van der Waals surface area contributed by atoms with E-state index in [0.29, 0.717) is 18.0 Å². The van der Waals surface area contributed by atoms with Crippen LogP contribution >= 0.6 is 0 Å². The zero-order valence-corrected chi connectivity index (χ0v) is 13.5. The molecule has 1 aromatic heterocycles. The van der Waals surface area contributed by atoms with Gasteiger partial charge in [-0.1, -0.05) is 6.07 Å². The number of amides is 1. The number of benzene rings is 1. The monoisotopic (exact) mass is 312 g/mol. The Morgan fingerprint density at radius 3 is 2.48 bits per heavy atom. The summed E-state index contributed by atoms with van der Waals surface area (Å²) in [6.45, 7) is 0.539. The van der Waals surface area contributed by atoms with Crippen molar-refractivity contribution in [2.45, 2.75) is 6.54 Å². The van der Waals surface area contributed by atoms with Crippen LogP contribution in [0, 0.1) is 0 Å². The van der Waals surface area contributed by atoms with E-state index in [1.54, 1.807) is 50.7 Å². The summed E-state index contributed by atoms with van der Waals surface area (Å²) in [6, 6.07) is 9.28. The lowest BCUT2D eigenvalue weighted by molar-refractivity contribution is -0.125. The molecule has 0 fully saturated rings. The molecule has 1 heterocycles. The second kappa shape index (κ2) is 7.98. The smallest absolute Gasteiger partial charge is 0.246 e. The summed E-state index contributed by atoms with van der Waals surface area (Å²) in [7, 11) is 4.94.